The van der Waals surface area contributed by atoms with E-state index in [1.54, 1.807) is 14.2 Å². The number of anilines is 3. The highest BCUT2D eigenvalue weighted by Crippen LogP contribution is 2.31. The molecule has 1 aromatic heterocycles. The van der Waals surface area contributed by atoms with Gasteiger partial charge in [0.1, 0.15) is 5.82 Å². The molecule has 0 unspecified atom stereocenters. The van der Waals surface area contributed by atoms with Crippen LogP contribution in [0.15, 0.2) is 30.5 Å². The molecule has 25 heavy (non-hydrogen) atoms. The topological polar surface area (TPSA) is 59.5 Å². The van der Waals surface area contributed by atoms with Crippen LogP contribution in [0.4, 0.5) is 17.5 Å². The smallest absolute Gasteiger partial charge is 0.229 e. The molecule has 0 amide bonds. The third kappa shape index (κ3) is 3.84. The van der Waals surface area contributed by atoms with Crippen molar-refractivity contribution in [2.75, 3.05) is 37.5 Å². The van der Waals surface area contributed by atoms with Gasteiger partial charge in [-0.25, -0.2) is 4.98 Å². The van der Waals surface area contributed by atoms with Crippen LogP contribution < -0.4 is 19.7 Å². The highest BCUT2D eigenvalue weighted by Gasteiger charge is 2.16. The van der Waals surface area contributed by atoms with Gasteiger partial charge in [-0.15, -0.1) is 0 Å². The number of rotatable bonds is 7. The first-order valence-corrected chi connectivity index (χ1v) is 8.52. The molecular formula is C19H24N4O2. The first-order valence-electron chi connectivity index (χ1n) is 8.52. The molecule has 0 aliphatic carbocycles. The number of benzene rings is 1. The molecule has 1 aliphatic rings. The van der Waals surface area contributed by atoms with Crippen molar-refractivity contribution in [1.82, 2.24) is 9.97 Å². The van der Waals surface area contributed by atoms with E-state index in [-0.39, 0.29) is 0 Å². The van der Waals surface area contributed by atoms with E-state index in [4.69, 9.17) is 14.5 Å². The molecule has 0 saturated carbocycles. The van der Waals surface area contributed by atoms with Gasteiger partial charge in [0.05, 0.1) is 14.2 Å². The maximum Gasteiger partial charge on any atom is 0.229 e. The second-order valence-electron chi connectivity index (χ2n) is 5.87. The van der Waals surface area contributed by atoms with Gasteiger partial charge in [0.2, 0.25) is 5.95 Å². The number of nitrogens with one attached hydrogen (secondary N) is 1. The first kappa shape index (κ1) is 17.1. The lowest BCUT2D eigenvalue weighted by molar-refractivity contribution is 0.355. The quantitative estimate of drug-likeness (QED) is 0.826. The Labute approximate surface area is 148 Å². The Morgan fingerprint density at radius 3 is 2.80 bits per heavy atom. The van der Waals surface area contributed by atoms with Crippen LogP contribution in [0.2, 0.25) is 0 Å². The normalized spacial score (nSPS) is 12.7. The minimum atomic E-state index is 0.572. The fraction of sp³-hybridized carbons (Fsp3) is 0.368. The van der Waals surface area contributed by atoms with Crippen molar-refractivity contribution >= 4 is 23.5 Å². The fourth-order valence-corrected chi connectivity index (χ4v) is 2.80. The second kappa shape index (κ2) is 7.88. The monoisotopic (exact) mass is 340 g/mol. The van der Waals surface area contributed by atoms with Crippen LogP contribution in [0, 0.1) is 0 Å². The van der Waals surface area contributed by atoms with E-state index in [2.05, 4.69) is 34.3 Å². The zero-order chi connectivity index (χ0) is 17.6. The molecule has 1 aliphatic heterocycles. The van der Waals surface area contributed by atoms with Crippen LogP contribution in [0.3, 0.4) is 0 Å². The number of nitrogens with zero attached hydrogens (tertiary/aromatic N) is 3. The molecule has 6 nitrogen and oxygen atoms in total. The summed E-state index contributed by atoms with van der Waals surface area (Å²) < 4.78 is 10.6. The zero-order valence-electron chi connectivity index (χ0n) is 15.0. The minimum absolute atomic E-state index is 0.572. The number of methoxy groups -OCH3 is 2. The molecule has 2 heterocycles. The molecular weight excluding hydrogens is 316 g/mol. The summed E-state index contributed by atoms with van der Waals surface area (Å²) in [6.45, 7) is 4.09. The molecule has 0 spiro atoms. The lowest BCUT2D eigenvalue weighted by Crippen LogP contribution is -2.28. The summed E-state index contributed by atoms with van der Waals surface area (Å²) in [7, 11) is 3.24. The van der Waals surface area contributed by atoms with E-state index >= 15 is 0 Å². The van der Waals surface area contributed by atoms with Gasteiger partial charge in [0, 0.05) is 36.6 Å². The van der Waals surface area contributed by atoms with Crippen molar-refractivity contribution < 1.29 is 9.47 Å². The Balaban J connectivity index is 1.83. The van der Waals surface area contributed by atoms with Gasteiger partial charge in [-0.1, -0.05) is 25.5 Å². The van der Waals surface area contributed by atoms with Crippen LogP contribution in [0.1, 0.15) is 25.3 Å². The average molecular weight is 340 g/mol. The molecule has 0 fully saturated rings. The SMILES string of the molecule is CCCCN1CC=Cc2cnc(Nc3ccc(OC)c(OC)c3)nc21. The summed E-state index contributed by atoms with van der Waals surface area (Å²) in [5.41, 5.74) is 1.91. The largest absolute Gasteiger partial charge is 0.493 e. The number of fused-ring (bicyclic) bond motifs is 1. The van der Waals surface area contributed by atoms with Gasteiger partial charge in [-0.2, -0.15) is 4.98 Å². The number of hydrogen-bond acceptors (Lipinski definition) is 6. The summed E-state index contributed by atoms with van der Waals surface area (Å²) in [6.07, 6.45) is 8.41. The third-order valence-corrected chi connectivity index (χ3v) is 4.14. The Kier molecular flexibility index (Phi) is 5.38. The Hall–Kier alpha value is -2.76. The number of unbranched alkanes of at least 4 members (excludes halogenated alkanes) is 1. The highest BCUT2D eigenvalue weighted by atomic mass is 16.5. The van der Waals surface area contributed by atoms with E-state index in [1.165, 1.54) is 0 Å². The molecule has 6 heteroatoms. The van der Waals surface area contributed by atoms with Crippen LogP contribution in [-0.2, 0) is 0 Å². The van der Waals surface area contributed by atoms with Gasteiger partial charge < -0.3 is 19.7 Å². The average Bonchev–Trinajstić information content (AvgIpc) is 2.66. The molecule has 2 aromatic rings. The Bertz CT molecular complexity index is 761. The van der Waals surface area contributed by atoms with Gasteiger partial charge in [-0.05, 0) is 18.6 Å². The lowest BCUT2D eigenvalue weighted by atomic mass is 10.2. The Morgan fingerprint density at radius 2 is 2.04 bits per heavy atom. The van der Waals surface area contributed by atoms with Gasteiger partial charge in [0.15, 0.2) is 11.5 Å². The first-order chi connectivity index (χ1) is 12.2. The molecule has 1 aromatic carbocycles. The van der Waals surface area contributed by atoms with Crippen LogP contribution >= 0.6 is 0 Å². The van der Waals surface area contributed by atoms with Crippen molar-refractivity contribution in [2.45, 2.75) is 19.8 Å². The summed E-state index contributed by atoms with van der Waals surface area (Å²) >= 11 is 0. The highest BCUT2D eigenvalue weighted by molar-refractivity contribution is 5.69. The Morgan fingerprint density at radius 1 is 1.20 bits per heavy atom. The van der Waals surface area contributed by atoms with Crippen molar-refractivity contribution in [3.63, 3.8) is 0 Å². The predicted molar refractivity (Wildman–Crippen MR) is 101 cm³/mol. The van der Waals surface area contributed by atoms with Crippen molar-refractivity contribution in [1.29, 1.82) is 0 Å². The van der Waals surface area contributed by atoms with E-state index in [0.717, 1.165) is 43.0 Å². The number of hydrogen-bond donors (Lipinski definition) is 1. The van der Waals surface area contributed by atoms with Crippen molar-refractivity contribution in [2.24, 2.45) is 0 Å². The van der Waals surface area contributed by atoms with Crippen LogP contribution in [-0.4, -0.2) is 37.3 Å². The van der Waals surface area contributed by atoms with Crippen LogP contribution in [0.25, 0.3) is 6.08 Å². The van der Waals surface area contributed by atoms with E-state index in [9.17, 15) is 0 Å². The molecule has 3 rings (SSSR count). The molecule has 0 saturated heterocycles. The van der Waals surface area contributed by atoms with Gasteiger partial charge in [-0.3, -0.25) is 0 Å². The maximum atomic E-state index is 5.34. The van der Waals surface area contributed by atoms with Crippen molar-refractivity contribution in [3.8, 4) is 11.5 Å². The minimum Gasteiger partial charge on any atom is -0.493 e. The number of aromatic nitrogens is 2. The molecule has 0 bridgehead atoms. The van der Waals surface area contributed by atoms with E-state index < -0.39 is 0 Å². The summed E-state index contributed by atoms with van der Waals surface area (Å²) in [6, 6.07) is 5.64. The lowest BCUT2D eigenvalue weighted by Gasteiger charge is -2.26. The number of ether oxygens (including phenoxy) is 2. The predicted octanol–water partition coefficient (Wildman–Crippen LogP) is 3.87. The molecule has 0 atom stereocenters. The van der Waals surface area contributed by atoms with Crippen LogP contribution in [0.5, 0.6) is 11.5 Å². The maximum absolute atomic E-state index is 5.34. The summed E-state index contributed by atoms with van der Waals surface area (Å²) in [5.74, 6) is 2.91. The summed E-state index contributed by atoms with van der Waals surface area (Å²) in [5, 5.41) is 3.25. The molecule has 0 radical (unpaired) electrons. The zero-order valence-corrected chi connectivity index (χ0v) is 15.0. The third-order valence-electron chi connectivity index (χ3n) is 4.14. The van der Waals surface area contributed by atoms with Gasteiger partial charge in [0.25, 0.3) is 0 Å². The standard InChI is InChI=1S/C19H24N4O2/c1-4-5-10-23-11-6-7-14-13-20-19(22-18(14)23)21-15-8-9-16(24-2)17(12-15)25-3/h6-9,12-13H,4-5,10-11H2,1-3H3,(H,20,21,22). The van der Waals surface area contributed by atoms with Crippen molar-refractivity contribution in [3.05, 3.63) is 36.0 Å². The molecule has 1 N–H and O–H groups in total. The molecule has 132 valence electrons. The van der Waals surface area contributed by atoms with Gasteiger partial charge >= 0.3 is 0 Å². The van der Waals surface area contributed by atoms with E-state index in [0.29, 0.717) is 17.4 Å². The van der Waals surface area contributed by atoms with E-state index in [1.807, 2.05) is 24.4 Å². The summed E-state index contributed by atoms with van der Waals surface area (Å²) in [4.78, 5) is 11.4. The second-order valence-corrected chi connectivity index (χ2v) is 5.87. The fourth-order valence-electron chi connectivity index (χ4n) is 2.80.